The van der Waals surface area contributed by atoms with Crippen LogP contribution in [0.4, 0.5) is 24.7 Å². The van der Waals surface area contributed by atoms with Crippen molar-refractivity contribution in [1.29, 1.82) is 0 Å². The Balaban J connectivity index is 1.56. The summed E-state index contributed by atoms with van der Waals surface area (Å²) < 4.78 is 51.7. The Labute approximate surface area is 189 Å². The van der Waals surface area contributed by atoms with Crippen molar-refractivity contribution in [2.75, 3.05) is 43.9 Å². The molecule has 168 valence electrons. The number of hydrogen-bond acceptors (Lipinski definition) is 6. The van der Waals surface area contributed by atoms with E-state index in [-0.39, 0.29) is 21.3 Å². The van der Waals surface area contributed by atoms with Crippen LogP contribution in [0.5, 0.6) is 0 Å². The van der Waals surface area contributed by atoms with Crippen LogP contribution in [-0.4, -0.2) is 55.3 Å². The molecule has 0 spiro atoms. The van der Waals surface area contributed by atoms with E-state index in [0.717, 1.165) is 19.3 Å². The van der Waals surface area contributed by atoms with Gasteiger partial charge in [-0.25, -0.2) is 13.8 Å². The van der Waals surface area contributed by atoms with E-state index in [1.165, 1.54) is 24.3 Å². The zero-order valence-electron chi connectivity index (χ0n) is 17.5. The number of likely N-dealkylation sites (N-methyl/N-ethyl adjacent to an activating group) is 1. The Morgan fingerprint density at radius 1 is 1.23 bits per heavy atom. The van der Waals surface area contributed by atoms with Crippen molar-refractivity contribution >= 4 is 35.1 Å². The van der Waals surface area contributed by atoms with Gasteiger partial charge in [-0.2, -0.15) is 4.39 Å². The molecule has 0 amide bonds. The van der Waals surface area contributed by atoms with Crippen LogP contribution in [0, 0.1) is 17.6 Å². The summed E-state index contributed by atoms with van der Waals surface area (Å²) in [4.78, 5) is 7.39. The molecule has 1 unspecified atom stereocenters. The summed E-state index contributed by atoms with van der Waals surface area (Å²) in [7, 11) is 5.77. The van der Waals surface area contributed by atoms with Gasteiger partial charge >= 0.3 is 0 Å². The van der Waals surface area contributed by atoms with Crippen LogP contribution in [0.25, 0.3) is 0 Å². The average molecular weight is 473 g/mol. The van der Waals surface area contributed by atoms with Crippen molar-refractivity contribution in [2.45, 2.75) is 35.3 Å². The van der Waals surface area contributed by atoms with E-state index in [1.54, 1.807) is 7.11 Å². The largest absolute Gasteiger partial charge is 0.374 e. The number of rotatable bonds is 7. The maximum absolute atomic E-state index is 15.0. The van der Waals surface area contributed by atoms with Gasteiger partial charge in [-0.1, -0.05) is 17.7 Å². The highest BCUT2D eigenvalue weighted by Crippen LogP contribution is 2.54. The van der Waals surface area contributed by atoms with E-state index in [1.807, 2.05) is 19.0 Å². The minimum atomic E-state index is -0.866. The fraction of sp³-hybridized carbons (Fsp3) is 0.476. The molecule has 31 heavy (non-hydrogen) atoms. The molecule has 2 aliphatic rings. The first-order valence-corrected chi connectivity index (χ1v) is 11.1. The first-order valence-electron chi connectivity index (χ1n) is 9.93. The molecule has 1 aromatic carbocycles. The lowest BCUT2D eigenvalue weighted by Gasteiger charge is -2.41. The third kappa shape index (κ3) is 3.86. The maximum atomic E-state index is 15.0. The second-order valence-electron chi connectivity index (χ2n) is 8.18. The summed E-state index contributed by atoms with van der Waals surface area (Å²) >= 11 is 6.99. The lowest BCUT2D eigenvalue weighted by Crippen LogP contribution is -2.55. The van der Waals surface area contributed by atoms with Gasteiger partial charge in [0, 0.05) is 26.3 Å². The van der Waals surface area contributed by atoms with Crippen LogP contribution in [0.15, 0.2) is 29.2 Å². The van der Waals surface area contributed by atoms with Gasteiger partial charge in [0.25, 0.3) is 0 Å². The number of nitrogens with zero attached hydrogens (tertiary/aromatic N) is 3. The van der Waals surface area contributed by atoms with Crippen molar-refractivity contribution < 1.29 is 17.9 Å². The molecule has 1 aliphatic carbocycles. The average Bonchev–Trinajstić information content (AvgIpc) is 3.45. The van der Waals surface area contributed by atoms with Crippen molar-refractivity contribution in [3.8, 4) is 0 Å². The molecule has 1 aliphatic heterocycles. The van der Waals surface area contributed by atoms with E-state index < -0.39 is 23.2 Å². The number of pyridine rings is 1. The predicted molar refractivity (Wildman–Crippen MR) is 117 cm³/mol. The van der Waals surface area contributed by atoms with E-state index in [4.69, 9.17) is 16.3 Å². The molecule has 10 heteroatoms. The predicted octanol–water partition coefficient (Wildman–Crippen LogP) is 4.96. The molecule has 2 fully saturated rings. The SMILES string of the molecule is COC1(C2(N(C)C)CC2)CCN(c2cc(F)c(SNc3cccc(F)n3)c(F)c2Cl)C1. The third-order valence-corrected chi connectivity index (χ3v) is 7.71. The Hall–Kier alpha value is -1.68. The molecule has 2 heterocycles. The van der Waals surface area contributed by atoms with Crippen LogP contribution in [0.1, 0.15) is 19.3 Å². The highest BCUT2D eigenvalue weighted by molar-refractivity contribution is 8.00. The van der Waals surface area contributed by atoms with Gasteiger partial charge in [0.05, 0.1) is 11.2 Å². The third-order valence-electron chi connectivity index (χ3n) is 6.46. The Bertz CT molecular complexity index is 991. The maximum Gasteiger partial charge on any atom is 0.214 e. The highest BCUT2D eigenvalue weighted by Gasteiger charge is 2.63. The van der Waals surface area contributed by atoms with E-state index in [0.29, 0.717) is 30.7 Å². The zero-order chi connectivity index (χ0) is 22.4. The Morgan fingerprint density at radius 2 is 1.97 bits per heavy atom. The molecule has 5 nitrogen and oxygen atoms in total. The van der Waals surface area contributed by atoms with Gasteiger partial charge in [-0.3, -0.25) is 0 Å². The van der Waals surface area contributed by atoms with E-state index >= 15 is 4.39 Å². The standard InChI is InChI=1S/C21H24ClF3N4OS/c1-28(2)20(7-8-20)21(30-3)9-10-29(12-21)14-11-13(23)19(18(25)17(14)22)31-27-16-6-4-5-15(24)26-16/h4-6,11H,7-10,12H2,1-3H3,(H,26,27). The second kappa shape index (κ2) is 8.35. The number of aromatic nitrogens is 1. The molecule has 0 radical (unpaired) electrons. The molecule has 1 aromatic heterocycles. The van der Waals surface area contributed by atoms with Crippen LogP contribution >= 0.6 is 23.5 Å². The smallest absolute Gasteiger partial charge is 0.214 e. The minimum Gasteiger partial charge on any atom is -0.374 e. The van der Waals surface area contributed by atoms with E-state index in [2.05, 4.69) is 14.6 Å². The number of benzene rings is 1. The van der Waals surface area contributed by atoms with Crippen molar-refractivity contribution in [1.82, 2.24) is 9.88 Å². The first kappa shape index (κ1) is 22.5. The molecule has 2 aromatic rings. The van der Waals surface area contributed by atoms with Gasteiger partial charge in [0.15, 0.2) is 5.82 Å². The van der Waals surface area contributed by atoms with Gasteiger partial charge in [0.1, 0.15) is 27.2 Å². The van der Waals surface area contributed by atoms with Crippen molar-refractivity contribution in [2.24, 2.45) is 0 Å². The molecule has 1 saturated carbocycles. The summed E-state index contributed by atoms with van der Waals surface area (Å²) in [6.45, 7) is 1.08. The molecule has 1 saturated heterocycles. The topological polar surface area (TPSA) is 40.6 Å². The summed E-state index contributed by atoms with van der Waals surface area (Å²) in [5, 5.41) is -0.153. The molecule has 1 atom stereocenters. The van der Waals surface area contributed by atoms with Crippen molar-refractivity contribution in [3.63, 3.8) is 0 Å². The minimum absolute atomic E-state index is 0.0717. The zero-order valence-corrected chi connectivity index (χ0v) is 19.1. The monoisotopic (exact) mass is 472 g/mol. The van der Waals surface area contributed by atoms with Crippen LogP contribution in [0.3, 0.4) is 0 Å². The highest BCUT2D eigenvalue weighted by atomic mass is 35.5. The van der Waals surface area contributed by atoms with Gasteiger partial charge < -0.3 is 19.3 Å². The second-order valence-corrected chi connectivity index (χ2v) is 9.37. The Kier molecular flexibility index (Phi) is 6.06. The quantitative estimate of drug-likeness (QED) is 0.349. The number of ether oxygens (including phenoxy) is 1. The lowest BCUT2D eigenvalue weighted by atomic mass is 9.89. The summed E-state index contributed by atoms with van der Waals surface area (Å²) in [5.41, 5.74) is -0.193. The fourth-order valence-corrected chi connectivity index (χ4v) is 5.60. The van der Waals surface area contributed by atoms with Gasteiger partial charge in [-0.15, -0.1) is 0 Å². The Morgan fingerprint density at radius 3 is 2.58 bits per heavy atom. The number of methoxy groups -OCH3 is 1. The number of anilines is 2. The molecule has 1 N–H and O–H groups in total. The van der Waals surface area contributed by atoms with Crippen LogP contribution in [-0.2, 0) is 4.74 Å². The lowest BCUT2D eigenvalue weighted by molar-refractivity contribution is -0.0648. The molecule has 0 bridgehead atoms. The number of hydrogen-bond donors (Lipinski definition) is 1. The summed E-state index contributed by atoms with van der Waals surface area (Å²) in [5.74, 6) is -2.17. The van der Waals surface area contributed by atoms with Crippen LogP contribution in [0.2, 0.25) is 5.02 Å². The molecular weight excluding hydrogens is 449 g/mol. The number of nitrogens with one attached hydrogen (secondary N) is 1. The van der Waals surface area contributed by atoms with Gasteiger partial charge in [0.2, 0.25) is 5.95 Å². The summed E-state index contributed by atoms with van der Waals surface area (Å²) in [6.07, 6.45) is 2.78. The van der Waals surface area contributed by atoms with Gasteiger partial charge in [-0.05, 0) is 57.4 Å². The first-order chi connectivity index (χ1) is 14.7. The molecular formula is C21H24ClF3N4OS. The summed E-state index contributed by atoms with van der Waals surface area (Å²) in [6, 6.07) is 5.37. The normalized spacial score (nSPS) is 22.3. The number of halogens is 4. The van der Waals surface area contributed by atoms with Crippen molar-refractivity contribution in [3.05, 3.63) is 46.9 Å². The van der Waals surface area contributed by atoms with E-state index in [9.17, 15) is 8.78 Å². The fourth-order valence-electron chi connectivity index (χ4n) is 4.61. The molecule has 4 rings (SSSR count). The van der Waals surface area contributed by atoms with Crippen LogP contribution < -0.4 is 9.62 Å².